The molecule has 0 amide bonds. The van der Waals surface area contributed by atoms with Crippen LogP contribution in [0.2, 0.25) is 0 Å². The van der Waals surface area contributed by atoms with Gasteiger partial charge < -0.3 is 10.1 Å². The lowest BCUT2D eigenvalue weighted by Gasteiger charge is -2.34. The third-order valence-corrected chi connectivity index (χ3v) is 3.02. The van der Waals surface area contributed by atoms with Gasteiger partial charge in [0.15, 0.2) is 0 Å². The number of nitrogens with one attached hydrogen (secondary N) is 1. The molecule has 78 valence electrons. The second-order valence-electron chi connectivity index (χ2n) is 3.35. The normalized spacial score (nSPS) is 28.5. The van der Waals surface area contributed by atoms with Gasteiger partial charge in [-0.05, 0) is 12.8 Å². The summed E-state index contributed by atoms with van der Waals surface area (Å²) in [5.41, 5.74) is 0. The highest BCUT2D eigenvalue weighted by Crippen LogP contribution is 2.21. The Morgan fingerprint density at radius 3 is 2.62 bits per heavy atom. The van der Waals surface area contributed by atoms with Gasteiger partial charge in [-0.3, -0.25) is 0 Å². The number of sulfonamides is 1. The molecule has 1 rings (SSSR count). The van der Waals surface area contributed by atoms with Gasteiger partial charge in [0.25, 0.3) is 0 Å². The lowest BCUT2D eigenvalue weighted by molar-refractivity contribution is 0.0181. The third-order valence-electron chi connectivity index (χ3n) is 2.25. The van der Waals surface area contributed by atoms with Crippen LogP contribution in [0.3, 0.4) is 0 Å². The minimum Gasteiger partial charge on any atom is -0.381 e. The first-order valence-electron chi connectivity index (χ1n) is 4.28. The Balaban J connectivity index is 2.03. The van der Waals surface area contributed by atoms with Crippen molar-refractivity contribution in [2.75, 3.05) is 19.4 Å². The second-order valence-corrected chi connectivity index (χ2v) is 5.08. The fraction of sp³-hybridized carbons (Fsp3) is 1.00. The first kappa shape index (κ1) is 10.9. The molecule has 0 unspecified atom stereocenters. The quantitative estimate of drug-likeness (QED) is 0.610. The summed E-state index contributed by atoms with van der Waals surface area (Å²) in [6.07, 6.45) is 2.26. The molecule has 0 spiro atoms. The summed E-state index contributed by atoms with van der Waals surface area (Å²) in [6.45, 7) is 0.430. The molecular weight excluding hydrogens is 192 g/mol. The van der Waals surface area contributed by atoms with Gasteiger partial charge >= 0.3 is 0 Å². The zero-order valence-corrected chi connectivity index (χ0v) is 8.51. The van der Waals surface area contributed by atoms with E-state index in [4.69, 9.17) is 9.88 Å². The van der Waals surface area contributed by atoms with Crippen molar-refractivity contribution in [2.24, 2.45) is 5.14 Å². The molecule has 0 bridgehead atoms. The van der Waals surface area contributed by atoms with Gasteiger partial charge in [0.1, 0.15) is 0 Å². The lowest BCUT2D eigenvalue weighted by atomic mass is 9.89. The Bertz CT molecular complexity index is 246. The van der Waals surface area contributed by atoms with E-state index in [0.29, 0.717) is 18.7 Å². The number of rotatable bonds is 5. The molecule has 0 saturated heterocycles. The van der Waals surface area contributed by atoms with Crippen LogP contribution in [-0.2, 0) is 14.8 Å². The fourth-order valence-corrected chi connectivity index (χ4v) is 1.73. The predicted octanol–water partition coefficient (Wildman–Crippen LogP) is -0.958. The van der Waals surface area contributed by atoms with Crippen LogP contribution in [0.4, 0.5) is 0 Å². The van der Waals surface area contributed by atoms with Gasteiger partial charge in [-0.15, -0.1) is 0 Å². The molecule has 1 fully saturated rings. The third kappa shape index (κ3) is 4.04. The predicted molar refractivity (Wildman–Crippen MR) is 49.8 cm³/mol. The molecule has 1 aliphatic rings. The molecule has 13 heavy (non-hydrogen) atoms. The van der Waals surface area contributed by atoms with Crippen LogP contribution >= 0.6 is 0 Å². The number of nitrogens with two attached hydrogens (primary N) is 1. The van der Waals surface area contributed by atoms with Crippen LogP contribution in [0, 0.1) is 0 Å². The maximum Gasteiger partial charge on any atom is 0.210 e. The van der Waals surface area contributed by atoms with Crippen LogP contribution in [0.5, 0.6) is 0 Å². The largest absolute Gasteiger partial charge is 0.381 e. The van der Waals surface area contributed by atoms with Crippen molar-refractivity contribution >= 4 is 10.0 Å². The topological polar surface area (TPSA) is 81.4 Å². The number of primary sulfonamides is 1. The Morgan fingerprint density at radius 1 is 1.54 bits per heavy atom. The Morgan fingerprint density at radius 2 is 2.15 bits per heavy atom. The van der Waals surface area contributed by atoms with Gasteiger partial charge in [0.05, 0.1) is 11.9 Å². The minimum atomic E-state index is -3.32. The lowest BCUT2D eigenvalue weighted by Crippen LogP contribution is -2.46. The molecule has 5 nitrogen and oxygen atoms in total. The van der Waals surface area contributed by atoms with Crippen LogP contribution in [0.25, 0.3) is 0 Å². The molecule has 0 aliphatic heterocycles. The summed E-state index contributed by atoms with van der Waals surface area (Å²) in [7, 11) is -1.63. The van der Waals surface area contributed by atoms with E-state index in [-0.39, 0.29) is 5.75 Å². The van der Waals surface area contributed by atoms with Crippen molar-refractivity contribution in [1.29, 1.82) is 0 Å². The molecular formula is C7H16N2O3S. The summed E-state index contributed by atoms with van der Waals surface area (Å²) in [4.78, 5) is 0. The molecule has 3 N–H and O–H groups in total. The fourth-order valence-electron chi connectivity index (χ4n) is 1.33. The van der Waals surface area contributed by atoms with Gasteiger partial charge in [-0.1, -0.05) is 0 Å². The highest BCUT2D eigenvalue weighted by Gasteiger charge is 2.28. The van der Waals surface area contributed by atoms with Gasteiger partial charge in [0, 0.05) is 19.7 Å². The van der Waals surface area contributed by atoms with Crippen LogP contribution in [0.1, 0.15) is 12.8 Å². The van der Waals surface area contributed by atoms with Crippen LogP contribution < -0.4 is 10.5 Å². The molecule has 0 radical (unpaired) electrons. The van der Waals surface area contributed by atoms with Gasteiger partial charge in [-0.25, -0.2) is 13.6 Å². The van der Waals surface area contributed by atoms with Crippen molar-refractivity contribution in [2.45, 2.75) is 25.0 Å². The van der Waals surface area contributed by atoms with Gasteiger partial charge in [0.2, 0.25) is 10.0 Å². The molecule has 0 aromatic heterocycles. The van der Waals surface area contributed by atoms with Crippen molar-refractivity contribution in [3.8, 4) is 0 Å². The van der Waals surface area contributed by atoms with Gasteiger partial charge in [-0.2, -0.15) is 0 Å². The zero-order chi connectivity index (χ0) is 9.90. The summed E-state index contributed by atoms with van der Waals surface area (Å²) >= 11 is 0. The van der Waals surface area contributed by atoms with Crippen molar-refractivity contribution in [3.63, 3.8) is 0 Å². The standard InChI is InChI=1S/C7H16N2O3S/c1-12-7-4-6(5-7)9-2-3-13(8,10)11/h6-7,9H,2-5H2,1H3,(H2,8,10,11). The molecule has 1 saturated carbocycles. The zero-order valence-electron chi connectivity index (χ0n) is 7.69. The van der Waals surface area contributed by atoms with Crippen LogP contribution in [-0.4, -0.2) is 40.0 Å². The SMILES string of the molecule is COC1CC(NCCS(N)(=O)=O)C1. The average Bonchev–Trinajstić information content (AvgIpc) is 1.91. The highest BCUT2D eigenvalue weighted by molar-refractivity contribution is 7.89. The van der Waals surface area contributed by atoms with Crippen LogP contribution in [0.15, 0.2) is 0 Å². The van der Waals surface area contributed by atoms with E-state index >= 15 is 0 Å². The maximum atomic E-state index is 10.6. The number of hydrogen-bond donors (Lipinski definition) is 2. The molecule has 0 aromatic carbocycles. The van der Waals surface area contributed by atoms with Crippen molar-refractivity contribution in [3.05, 3.63) is 0 Å². The van der Waals surface area contributed by atoms with E-state index in [1.807, 2.05) is 0 Å². The van der Waals surface area contributed by atoms with E-state index in [0.717, 1.165) is 12.8 Å². The summed E-state index contributed by atoms with van der Waals surface area (Å²) < 4.78 is 26.2. The monoisotopic (exact) mass is 208 g/mol. The Hall–Kier alpha value is -0.170. The second kappa shape index (κ2) is 4.36. The molecule has 0 atom stereocenters. The maximum absolute atomic E-state index is 10.6. The molecule has 0 aromatic rings. The first-order chi connectivity index (χ1) is 6.01. The summed E-state index contributed by atoms with van der Waals surface area (Å²) in [5, 5.41) is 7.94. The molecule has 6 heteroatoms. The molecule has 0 heterocycles. The Labute approximate surface area is 78.7 Å². The highest BCUT2D eigenvalue weighted by atomic mass is 32.2. The summed E-state index contributed by atoms with van der Waals surface area (Å²) in [6, 6.07) is 0.395. The van der Waals surface area contributed by atoms with E-state index in [9.17, 15) is 8.42 Å². The molecule has 1 aliphatic carbocycles. The number of methoxy groups -OCH3 is 1. The number of ether oxygens (including phenoxy) is 1. The van der Waals surface area contributed by atoms with E-state index in [1.165, 1.54) is 0 Å². The average molecular weight is 208 g/mol. The minimum absolute atomic E-state index is 0.00114. The van der Waals surface area contributed by atoms with E-state index < -0.39 is 10.0 Å². The van der Waals surface area contributed by atoms with E-state index in [1.54, 1.807) is 7.11 Å². The summed E-state index contributed by atoms with van der Waals surface area (Å²) in [5.74, 6) is 0.00114. The van der Waals surface area contributed by atoms with Crippen molar-refractivity contribution < 1.29 is 13.2 Å². The van der Waals surface area contributed by atoms with Crippen molar-refractivity contribution in [1.82, 2.24) is 5.32 Å². The Kier molecular flexibility index (Phi) is 3.66. The smallest absolute Gasteiger partial charge is 0.210 e. The first-order valence-corrected chi connectivity index (χ1v) is 5.99. The number of hydrogen-bond acceptors (Lipinski definition) is 4. The van der Waals surface area contributed by atoms with E-state index in [2.05, 4.69) is 5.32 Å².